The quantitative estimate of drug-likeness (QED) is 0.866. The first-order valence-electron chi connectivity index (χ1n) is 5.66. The van der Waals surface area contributed by atoms with Crippen LogP contribution in [-0.2, 0) is 10.0 Å². The molecule has 0 radical (unpaired) electrons. The van der Waals surface area contributed by atoms with Crippen LogP contribution in [0.2, 0.25) is 0 Å². The molecule has 110 valence electrons. The van der Waals surface area contributed by atoms with Crippen LogP contribution in [0.4, 0.5) is 10.1 Å². The highest BCUT2D eigenvalue weighted by atomic mass is 79.9. The monoisotopic (exact) mass is 372 g/mol. The van der Waals surface area contributed by atoms with Crippen LogP contribution in [0.1, 0.15) is 10.4 Å². The average molecular weight is 373 g/mol. The number of carbonyl (C=O) groups is 1. The molecule has 0 heterocycles. The number of amides is 1. The highest BCUT2D eigenvalue weighted by molar-refractivity contribution is 9.10. The lowest BCUT2D eigenvalue weighted by molar-refractivity contribution is 0.102. The summed E-state index contributed by atoms with van der Waals surface area (Å²) in [5.74, 6) is -1.27. The number of carbonyl (C=O) groups excluding carboxylic acids is 1. The molecule has 2 rings (SSSR count). The van der Waals surface area contributed by atoms with E-state index in [1.54, 1.807) is 18.2 Å². The number of hydrogen-bond donors (Lipinski definition) is 2. The maximum Gasteiger partial charge on any atom is 0.255 e. The molecule has 0 unspecified atom stereocenters. The van der Waals surface area contributed by atoms with Gasteiger partial charge in [0.2, 0.25) is 10.0 Å². The first-order valence-corrected chi connectivity index (χ1v) is 8.00. The zero-order chi connectivity index (χ0) is 15.6. The number of nitrogens with two attached hydrogens (primary N) is 1. The summed E-state index contributed by atoms with van der Waals surface area (Å²) in [4.78, 5) is 11.7. The number of hydrogen-bond acceptors (Lipinski definition) is 3. The van der Waals surface area contributed by atoms with Crippen molar-refractivity contribution in [2.45, 2.75) is 4.90 Å². The van der Waals surface area contributed by atoms with Crippen molar-refractivity contribution in [3.8, 4) is 0 Å². The molecule has 2 aromatic carbocycles. The molecular weight excluding hydrogens is 363 g/mol. The summed E-state index contributed by atoms with van der Waals surface area (Å²) in [5, 5.41) is 7.38. The molecule has 5 nitrogen and oxygen atoms in total. The Labute approximate surface area is 129 Å². The molecule has 0 aliphatic heterocycles. The van der Waals surface area contributed by atoms with Gasteiger partial charge in [-0.2, -0.15) is 0 Å². The van der Waals surface area contributed by atoms with Crippen molar-refractivity contribution in [2.75, 3.05) is 5.32 Å². The molecule has 0 spiro atoms. The third-order valence-electron chi connectivity index (χ3n) is 2.58. The molecule has 0 fully saturated rings. The number of anilines is 1. The summed E-state index contributed by atoms with van der Waals surface area (Å²) in [6, 6.07) is 9.31. The summed E-state index contributed by atoms with van der Waals surface area (Å²) in [7, 11) is -4.08. The summed E-state index contributed by atoms with van der Waals surface area (Å²) in [6.07, 6.45) is 0. The Morgan fingerprint density at radius 1 is 1.19 bits per heavy atom. The van der Waals surface area contributed by atoms with Crippen molar-refractivity contribution >= 4 is 37.5 Å². The van der Waals surface area contributed by atoms with Crippen molar-refractivity contribution in [1.29, 1.82) is 0 Å². The molecule has 0 atom stereocenters. The molecule has 0 aliphatic rings. The molecular formula is C13H10BrFN2O3S. The highest BCUT2D eigenvalue weighted by Crippen LogP contribution is 2.22. The van der Waals surface area contributed by atoms with Crippen molar-refractivity contribution in [3.63, 3.8) is 0 Å². The number of nitrogens with one attached hydrogen (secondary N) is 1. The maximum absolute atomic E-state index is 13.3. The summed E-state index contributed by atoms with van der Waals surface area (Å²) < 4.78 is 36.8. The average Bonchev–Trinajstić information content (AvgIpc) is 2.37. The number of sulfonamides is 1. The first-order chi connectivity index (χ1) is 9.77. The lowest BCUT2D eigenvalue weighted by atomic mass is 10.2. The van der Waals surface area contributed by atoms with Crippen LogP contribution < -0.4 is 10.5 Å². The number of primary sulfonamides is 1. The van der Waals surface area contributed by atoms with Gasteiger partial charge in [0.25, 0.3) is 5.91 Å². The molecule has 0 saturated heterocycles. The van der Waals surface area contributed by atoms with Gasteiger partial charge in [0.1, 0.15) is 10.7 Å². The fourth-order valence-corrected chi connectivity index (χ4v) is 2.75. The lowest BCUT2D eigenvalue weighted by Crippen LogP contribution is -2.18. The van der Waals surface area contributed by atoms with Crippen molar-refractivity contribution in [2.24, 2.45) is 5.14 Å². The molecule has 0 bridgehead atoms. The Morgan fingerprint density at radius 3 is 2.52 bits per heavy atom. The van der Waals surface area contributed by atoms with Gasteiger partial charge in [-0.3, -0.25) is 4.79 Å². The van der Waals surface area contributed by atoms with Crippen LogP contribution in [0, 0.1) is 5.82 Å². The summed E-state index contributed by atoms with van der Waals surface area (Å²) in [5.41, 5.74) is 0.0801. The van der Waals surface area contributed by atoms with Crippen LogP contribution in [0.15, 0.2) is 51.8 Å². The fourth-order valence-electron chi connectivity index (χ4n) is 1.67. The van der Waals surface area contributed by atoms with E-state index in [0.717, 1.165) is 18.2 Å². The summed E-state index contributed by atoms with van der Waals surface area (Å²) in [6.45, 7) is 0. The van der Waals surface area contributed by atoms with Gasteiger partial charge in [-0.25, -0.2) is 17.9 Å². The SMILES string of the molecule is NS(=O)(=O)c1ccc(F)cc1NC(=O)c1cccc(Br)c1. The Morgan fingerprint density at radius 2 is 1.90 bits per heavy atom. The second-order valence-corrected chi connectivity index (χ2v) is 6.60. The van der Waals surface area contributed by atoms with E-state index < -0.39 is 21.7 Å². The van der Waals surface area contributed by atoms with Gasteiger partial charge in [0.15, 0.2) is 0 Å². The van der Waals surface area contributed by atoms with E-state index in [2.05, 4.69) is 21.2 Å². The minimum Gasteiger partial charge on any atom is -0.321 e. The molecule has 0 aromatic heterocycles. The van der Waals surface area contributed by atoms with Crippen molar-refractivity contribution in [3.05, 3.63) is 58.3 Å². The Bertz CT molecular complexity index is 809. The first kappa shape index (κ1) is 15.6. The van der Waals surface area contributed by atoms with Gasteiger partial charge in [-0.1, -0.05) is 22.0 Å². The largest absolute Gasteiger partial charge is 0.321 e. The van der Waals surface area contributed by atoms with E-state index in [-0.39, 0.29) is 16.1 Å². The minimum absolute atomic E-state index is 0.206. The van der Waals surface area contributed by atoms with E-state index in [9.17, 15) is 17.6 Å². The minimum atomic E-state index is -4.08. The second-order valence-electron chi connectivity index (χ2n) is 4.15. The van der Waals surface area contributed by atoms with Gasteiger partial charge in [0.05, 0.1) is 5.69 Å². The Balaban J connectivity index is 2.40. The molecule has 2 aromatic rings. The standard InChI is InChI=1S/C13H10BrFN2O3S/c14-9-3-1-2-8(6-9)13(18)17-11-7-10(15)4-5-12(11)21(16,19)20/h1-7H,(H,17,18)(H2,16,19,20). The van der Waals surface area contributed by atoms with Crippen LogP contribution in [0.25, 0.3) is 0 Å². The number of rotatable bonds is 3. The zero-order valence-electron chi connectivity index (χ0n) is 10.5. The van der Waals surface area contributed by atoms with Gasteiger partial charge in [-0.05, 0) is 36.4 Å². The topological polar surface area (TPSA) is 89.3 Å². The van der Waals surface area contributed by atoms with Gasteiger partial charge in [-0.15, -0.1) is 0 Å². The van der Waals surface area contributed by atoms with E-state index in [1.165, 1.54) is 6.07 Å². The van der Waals surface area contributed by atoms with Gasteiger partial charge in [0, 0.05) is 10.0 Å². The molecule has 21 heavy (non-hydrogen) atoms. The normalized spacial score (nSPS) is 11.2. The smallest absolute Gasteiger partial charge is 0.255 e. The molecule has 0 aliphatic carbocycles. The van der Waals surface area contributed by atoms with Crippen LogP contribution in [0.5, 0.6) is 0 Å². The van der Waals surface area contributed by atoms with Crippen LogP contribution >= 0.6 is 15.9 Å². The highest BCUT2D eigenvalue weighted by Gasteiger charge is 2.17. The number of benzene rings is 2. The van der Waals surface area contributed by atoms with Crippen LogP contribution in [-0.4, -0.2) is 14.3 Å². The summed E-state index contributed by atoms with van der Waals surface area (Å²) >= 11 is 3.22. The van der Waals surface area contributed by atoms with E-state index >= 15 is 0 Å². The molecule has 8 heteroatoms. The molecule has 3 N–H and O–H groups in total. The van der Waals surface area contributed by atoms with E-state index in [0.29, 0.717) is 4.47 Å². The third-order valence-corrected chi connectivity index (χ3v) is 4.05. The predicted octanol–water partition coefficient (Wildman–Crippen LogP) is 2.49. The third kappa shape index (κ3) is 3.87. The number of halogens is 2. The lowest BCUT2D eigenvalue weighted by Gasteiger charge is -2.10. The van der Waals surface area contributed by atoms with Gasteiger partial charge < -0.3 is 5.32 Å². The molecule has 0 saturated carbocycles. The molecule has 1 amide bonds. The Kier molecular flexibility index (Phi) is 4.40. The fraction of sp³-hybridized carbons (Fsp3) is 0. The second kappa shape index (κ2) is 5.92. The van der Waals surface area contributed by atoms with E-state index in [1.807, 2.05) is 0 Å². The predicted molar refractivity (Wildman–Crippen MR) is 79.9 cm³/mol. The Hall–Kier alpha value is -1.77. The van der Waals surface area contributed by atoms with Crippen molar-refractivity contribution in [1.82, 2.24) is 0 Å². The maximum atomic E-state index is 13.3. The van der Waals surface area contributed by atoms with Gasteiger partial charge >= 0.3 is 0 Å². The van der Waals surface area contributed by atoms with E-state index in [4.69, 9.17) is 5.14 Å². The van der Waals surface area contributed by atoms with Crippen molar-refractivity contribution < 1.29 is 17.6 Å². The van der Waals surface area contributed by atoms with Crippen LogP contribution in [0.3, 0.4) is 0 Å². The zero-order valence-corrected chi connectivity index (χ0v) is 12.9.